The summed E-state index contributed by atoms with van der Waals surface area (Å²) in [7, 11) is 1.48. The minimum absolute atomic E-state index is 0.205. The second-order valence-electron chi connectivity index (χ2n) is 7.94. The van der Waals surface area contributed by atoms with Crippen molar-refractivity contribution in [2.75, 3.05) is 19.0 Å². The SMILES string of the molecule is COc1cc(C=C2SC(=S)N(NC(=O)c3ccccc3)C2=O)ccc1OCC(=O)Nc1cccc(C)c1. The third-order valence-electron chi connectivity index (χ3n) is 5.19. The van der Waals surface area contributed by atoms with Gasteiger partial charge in [-0.25, -0.2) is 0 Å². The molecule has 4 rings (SSSR count). The van der Waals surface area contributed by atoms with Crippen molar-refractivity contribution in [3.63, 3.8) is 0 Å². The fourth-order valence-corrected chi connectivity index (χ4v) is 4.61. The lowest BCUT2D eigenvalue weighted by Crippen LogP contribution is -2.44. The summed E-state index contributed by atoms with van der Waals surface area (Å²) in [6.07, 6.45) is 1.64. The highest BCUT2D eigenvalue weighted by Gasteiger charge is 2.33. The minimum atomic E-state index is -0.439. The number of carbonyl (C=O) groups is 3. The Balaban J connectivity index is 1.41. The van der Waals surface area contributed by atoms with Gasteiger partial charge >= 0.3 is 0 Å². The largest absolute Gasteiger partial charge is 0.493 e. The molecule has 37 heavy (non-hydrogen) atoms. The number of methoxy groups -OCH3 is 1. The second kappa shape index (κ2) is 11.7. The van der Waals surface area contributed by atoms with E-state index >= 15 is 0 Å². The van der Waals surface area contributed by atoms with Crippen LogP contribution in [0, 0.1) is 6.92 Å². The van der Waals surface area contributed by atoms with Crippen LogP contribution in [-0.2, 0) is 9.59 Å². The van der Waals surface area contributed by atoms with E-state index in [0.29, 0.717) is 33.2 Å². The van der Waals surface area contributed by atoms with Crippen LogP contribution < -0.4 is 20.2 Å². The van der Waals surface area contributed by atoms with Crippen LogP contribution in [0.25, 0.3) is 6.08 Å². The van der Waals surface area contributed by atoms with Gasteiger partial charge in [-0.2, -0.15) is 5.01 Å². The van der Waals surface area contributed by atoms with Gasteiger partial charge in [-0.1, -0.05) is 48.2 Å². The number of hydrazine groups is 1. The summed E-state index contributed by atoms with van der Waals surface area (Å²) >= 11 is 6.37. The smallest absolute Gasteiger partial charge is 0.285 e. The van der Waals surface area contributed by atoms with Crippen LogP contribution in [0.2, 0.25) is 0 Å². The number of rotatable bonds is 8. The molecule has 3 aromatic rings. The van der Waals surface area contributed by atoms with Gasteiger partial charge in [0.05, 0.1) is 12.0 Å². The highest BCUT2D eigenvalue weighted by Crippen LogP contribution is 2.34. The molecule has 0 saturated carbocycles. The number of nitrogens with zero attached hydrogens (tertiary/aromatic N) is 1. The van der Waals surface area contributed by atoms with Crippen LogP contribution in [0.3, 0.4) is 0 Å². The first kappa shape index (κ1) is 25.9. The number of amides is 3. The van der Waals surface area contributed by atoms with Crippen LogP contribution in [0.5, 0.6) is 11.5 Å². The van der Waals surface area contributed by atoms with Crippen molar-refractivity contribution in [3.05, 3.63) is 94.4 Å². The Morgan fingerprint density at radius 1 is 1.03 bits per heavy atom. The van der Waals surface area contributed by atoms with E-state index in [1.54, 1.807) is 60.7 Å². The predicted octanol–water partition coefficient (Wildman–Crippen LogP) is 4.57. The minimum Gasteiger partial charge on any atom is -0.493 e. The highest BCUT2D eigenvalue weighted by molar-refractivity contribution is 8.26. The number of aryl methyl sites for hydroxylation is 1. The third-order valence-corrected chi connectivity index (χ3v) is 6.49. The Kier molecular flexibility index (Phi) is 8.22. The van der Waals surface area contributed by atoms with Crippen molar-refractivity contribution in [3.8, 4) is 11.5 Å². The Morgan fingerprint density at radius 3 is 2.54 bits per heavy atom. The van der Waals surface area contributed by atoms with Gasteiger partial charge < -0.3 is 14.8 Å². The standard InChI is InChI=1S/C27H23N3O5S2/c1-17-7-6-10-20(13-17)28-24(31)16-35-21-12-11-18(14-22(21)34-2)15-23-26(33)30(27(36)37-23)29-25(32)19-8-4-3-5-9-19/h3-15H,16H2,1-2H3,(H,28,31)(H,29,32). The molecule has 1 fully saturated rings. The molecule has 0 atom stereocenters. The summed E-state index contributed by atoms with van der Waals surface area (Å²) in [6.45, 7) is 1.74. The van der Waals surface area contributed by atoms with Crippen molar-refractivity contribution in [1.82, 2.24) is 10.4 Å². The van der Waals surface area contributed by atoms with Crippen LogP contribution in [0.1, 0.15) is 21.5 Å². The van der Waals surface area contributed by atoms with Crippen LogP contribution in [-0.4, -0.2) is 40.8 Å². The molecule has 8 nitrogen and oxygen atoms in total. The zero-order valence-corrected chi connectivity index (χ0v) is 21.7. The Morgan fingerprint density at radius 2 is 1.81 bits per heavy atom. The molecule has 1 heterocycles. The number of hydrogen-bond donors (Lipinski definition) is 2. The van der Waals surface area contributed by atoms with E-state index in [9.17, 15) is 14.4 Å². The van der Waals surface area contributed by atoms with Gasteiger partial charge in [-0.15, -0.1) is 0 Å². The molecule has 3 amide bonds. The van der Waals surface area contributed by atoms with Crippen LogP contribution in [0.15, 0.2) is 77.7 Å². The Hall–Kier alpha value is -4.15. The van der Waals surface area contributed by atoms with Gasteiger partial charge in [0.2, 0.25) is 0 Å². The lowest BCUT2D eigenvalue weighted by atomic mass is 10.2. The number of benzene rings is 3. The van der Waals surface area contributed by atoms with Gasteiger partial charge in [-0.3, -0.25) is 19.8 Å². The van der Waals surface area contributed by atoms with E-state index in [1.165, 1.54) is 7.11 Å². The molecule has 1 aliphatic heterocycles. The third kappa shape index (κ3) is 6.54. The average molecular weight is 534 g/mol. The predicted molar refractivity (Wildman–Crippen MR) is 147 cm³/mol. The van der Waals surface area contributed by atoms with E-state index in [2.05, 4.69) is 10.7 Å². The van der Waals surface area contributed by atoms with E-state index in [0.717, 1.165) is 22.3 Å². The number of thiocarbonyl (C=S) groups is 1. The van der Waals surface area contributed by atoms with Crippen molar-refractivity contribution < 1.29 is 23.9 Å². The molecule has 2 N–H and O–H groups in total. The molecule has 1 saturated heterocycles. The number of ether oxygens (including phenoxy) is 2. The van der Waals surface area contributed by atoms with Crippen LogP contribution >= 0.6 is 24.0 Å². The average Bonchev–Trinajstić information content (AvgIpc) is 3.15. The van der Waals surface area contributed by atoms with Crippen molar-refractivity contribution in [1.29, 1.82) is 0 Å². The molecule has 3 aromatic carbocycles. The number of carbonyl (C=O) groups excluding carboxylic acids is 3. The zero-order chi connectivity index (χ0) is 26.4. The lowest BCUT2D eigenvalue weighted by molar-refractivity contribution is -0.123. The number of nitrogens with one attached hydrogen (secondary N) is 2. The van der Waals surface area contributed by atoms with Crippen molar-refractivity contribution >= 4 is 57.8 Å². The molecule has 0 unspecified atom stereocenters. The fraction of sp³-hybridized carbons (Fsp3) is 0.111. The Labute approximate surface area is 223 Å². The summed E-state index contributed by atoms with van der Waals surface area (Å²) in [5, 5.41) is 3.84. The normalized spacial score (nSPS) is 14.0. The summed E-state index contributed by atoms with van der Waals surface area (Å²) in [6, 6.07) is 21.1. The van der Waals surface area contributed by atoms with Crippen molar-refractivity contribution in [2.45, 2.75) is 6.92 Å². The van der Waals surface area contributed by atoms with Gasteiger partial charge in [0.15, 0.2) is 22.4 Å². The number of thioether (sulfide) groups is 1. The first-order valence-corrected chi connectivity index (χ1v) is 12.4. The highest BCUT2D eigenvalue weighted by atomic mass is 32.2. The number of anilines is 1. The topological polar surface area (TPSA) is 97.0 Å². The van der Waals surface area contributed by atoms with E-state index in [4.69, 9.17) is 21.7 Å². The molecular formula is C27H23N3O5S2. The second-order valence-corrected chi connectivity index (χ2v) is 9.62. The van der Waals surface area contributed by atoms with Gasteiger partial charge in [0.1, 0.15) is 0 Å². The van der Waals surface area contributed by atoms with Gasteiger partial charge in [0.25, 0.3) is 17.7 Å². The summed E-state index contributed by atoms with van der Waals surface area (Å²) in [4.78, 5) is 38.0. The first-order valence-electron chi connectivity index (χ1n) is 11.2. The summed E-state index contributed by atoms with van der Waals surface area (Å²) < 4.78 is 11.3. The summed E-state index contributed by atoms with van der Waals surface area (Å²) in [5.74, 6) is -0.413. The molecule has 0 spiro atoms. The maximum Gasteiger partial charge on any atom is 0.285 e. The maximum absolute atomic E-state index is 12.9. The van der Waals surface area contributed by atoms with E-state index < -0.39 is 11.8 Å². The van der Waals surface area contributed by atoms with Crippen LogP contribution in [0.4, 0.5) is 5.69 Å². The van der Waals surface area contributed by atoms with Gasteiger partial charge in [0, 0.05) is 11.3 Å². The lowest BCUT2D eigenvalue weighted by Gasteiger charge is -2.15. The fourth-order valence-electron chi connectivity index (χ4n) is 3.43. The summed E-state index contributed by atoms with van der Waals surface area (Å²) in [5.41, 5.74) is 5.34. The molecule has 0 aliphatic carbocycles. The Bertz CT molecular complexity index is 1390. The quantitative estimate of drug-likeness (QED) is 0.324. The monoisotopic (exact) mass is 533 g/mol. The first-order chi connectivity index (χ1) is 17.8. The van der Waals surface area contributed by atoms with Crippen molar-refractivity contribution in [2.24, 2.45) is 0 Å². The molecule has 0 aromatic heterocycles. The molecule has 0 radical (unpaired) electrons. The number of hydrogen-bond acceptors (Lipinski definition) is 7. The molecule has 0 bridgehead atoms. The molecule has 188 valence electrons. The zero-order valence-electron chi connectivity index (χ0n) is 20.0. The molecular weight excluding hydrogens is 510 g/mol. The van der Waals surface area contributed by atoms with E-state index in [-0.39, 0.29) is 16.8 Å². The molecule has 10 heteroatoms. The molecule has 1 aliphatic rings. The maximum atomic E-state index is 12.9. The van der Waals surface area contributed by atoms with E-state index in [1.807, 2.05) is 25.1 Å². The van der Waals surface area contributed by atoms with Gasteiger partial charge in [-0.05, 0) is 72.7 Å².